The molecule has 0 aliphatic heterocycles. The van der Waals surface area contributed by atoms with Crippen molar-refractivity contribution in [3.63, 3.8) is 0 Å². The van der Waals surface area contributed by atoms with E-state index < -0.39 is 13.2 Å². The Kier molecular flexibility index (Phi) is 6.00. The highest BCUT2D eigenvalue weighted by Crippen LogP contribution is 2.19. The van der Waals surface area contributed by atoms with Crippen LogP contribution in [0.3, 0.4) is 0 Å². The molecule has 0 unspecified atom stereocenters. The molecule has 2 aromatic rings. The van der Waals surface area contributed by atoms with Gasteiger partial charge in [0.1, 0.15) is 11.5 Å². The van der Waals surface area contributed by atoms with Gasteiger partial charge in [-0.3, -0.25) is 4.79 Å². The van der Waals surface area contributed by atoms with E-state index in [-0.39, 0.29) is 23.8 Å². The number of ether oxygens (including phenoxy) is 2. The van der Waals surface area contributed by atoms with Crippen molar-refractivity contribution < 1.29 is 31.8 Å². The van der Waals surface area contributed by atoms with E-state index in [2.05, 4.69) is 14.8 Å². The van der Waals surface area contributed by atoms with Gasteiger partial charge in [0.2, 0.25) is 5.91 Å². The number of carbonyl (C=O) groups is 1. The van der Waals surface area contributed by atoms with E-state index in [1.54, 1.807) is 0 Å². The first-order valence-corrected chi connectivity index (χ1v) is 6.81. The van der Waals surface area contributed by atoms with Gasteiger partial charge in [-0.05, 0) is 42.0 Å². The zero-order valence-electron chi connectivity index (χ0n) is 12.2. The quantitative estimate of drug-likeness (QED) is 0.771. The fraction of sp³-hybridized carbons (Fsp3) is 0.188. The first-order valence-electron chi connectivity index (χ1n) is 6.81. The highest BCUT2D eigenvalue weighted by atomic mass is 19.3. The number of anilines is 1. The number of nitrogens with one attached hydrogen (secondary N) is 1. The minimum Gasteiger partial charge on any atom is -0.435 e. The number of alkyl halides is 4. The number of hydrogen-bond donors (Lipinski definition) is 1. The summed E-state index contributed by atoms with van der Waals surface area (Å²) in [6.07, 6.45) is 0.0181. The number of halogens is 4. The molecule has 1 N–H and O–H groups in total. The van der Waals surface area contributed by atoms with Crippen LogP contribution in [0.4, 0.5) is 23.2 Å². The van der Waals surface area contributed by atoms with Crippen LogP contribution in [0.15, 0.2) is 48.5 Å². The molecule has 0 fully saturated rings. The van der Waals surface area contributed by atoms with Gasteiger partial charge in [-0.25, -0.2) is 0 Å². The highest BCUT2D eigenvalue weighted by Gasteiger charge is 2.08. The summed E-state index contributed by atoms with van der Waals surface area (Å²) in [5, 5.41) is 2.58. The summed E-state index contributed by atoms with van der Waals surface area (Å²) in [5.74, 6) is -0.360. The Balaban J connectivity index is 1.88. The zero-order valence-corrected chi connectivity index (χ0v) is 12.2. The maximum absolute atomic E-state index is 12.0. The minimum absolute atomic E-state index is 0.00350. The van der Waals surface area contributed by atoms with Gasteiger partial charge in [-0.2, -0.15) is 17.6 Å². The first kappa shape index (κ1) is 17.6. The van der Waals surface area contributed by atoms with Crippen molar-refractivity contribution in [2.24, 2.45) is 0 Å². The van der Waals surface area contributed by atoms with E-state index in [0.29, 0.717) is 11.3 Å². The molecule has 4 nitrogen and oxygen atoms in total. The Labute approximate surface area is 135 Å². The molecule has 0 radical (unpaired) electrons. The van der Waals surface area contributed by atoms with Gasteiger partial charge in [0.25, 0.3) is 0 Å². The Morgan fingerprint density at radius 1 is 0.833 bits per heavy atom. The van der Waals surface area contributed by atoms with Crippen molar-refractivity contribution >= 4 is 11.6 Å². The maximum atomic E-state index is 12.0. The molecule has 0 aliphatic rings. The summed E-state index contributed by atoms with van der Waals surface area (Å²) in [6.45, 7) is -5.82. The molecular formula is C16H13F4NO3. The van der Waals surface area contributed by atoms with Gasteiger partial charge in [-0.1, -0.05) is 12.1 Å². The normalized spacial score (nSPS) is 10.8. The number of hydrogen-bond acceptors (Lipinski definition) is 3. The van der Waals surface area contributed by atoms with Crippen LogP contribution >= 0.6 is 0 Å². The van der Waals surface area contributed by atoms with Gasteiger partial charge in [0.05, 0.1) is 6.42 Å². The molecule has 0 atom stereocenters. The third-order valence-electron chi connectivity index (χ3n) is 2.88. The molecule has 128 valence electrons. The van der Waals surface area contributed by atoms with Crippen LogP contribution in [-0.2, 0) is 11.2 Å². The van der Waals surface area contributed by atoms with Crippen LogP contribution in [0.5, 0.6) is 11.5 Å². The van der Waals surface area contributed by atoms with E-state index in [0.717, 1.165) is 0 Å². The van der Waals surface area contributed by atoms with Crippen molar-refractivity contribution in [1.29, 1.82) is 0 Å². The summed E-state index contributed by atoms with van der Waals surface area (Å²) < 4.78 is 56.5. The summed E-state index contributed by atoms with van der Waals surface area (Å²) >= 11 is 0. The Morgan fingerprint density at radius 2 is 1.29 bits per heavy atom. The van der Waals surface area contributed by atoms with Crippen LogP contribution in [0.2, 0.25) is 0 Å². The summed E-state index contributed by atoms with van der Waals surface area (Å²) in [4.78, 5) is 11.9. The van der Waals surface area contributed by atoms with Crippen LogP contribution in [0, 0.1) is 0 Å². The van der Waals surface area contributed by atoms with Crippen molar-refractivity contribution in [2.45, 2.75) is 19.6 Å². The second-order valence-electron chi connectivity index (χ2n) is 4.65. The fourth-order valence-electron chi connectivity index (χ4n) is 1.90. The van der Waals surface area contributed by atoms with Crippen molar-refractivity contribution in [3.05, 3.63) is 54.1 Å². The molecule has 0 aromatic heterocycles. The van der Waals surface area contributed by atoms with Crippen molar-refractivity contribution in [3.8, 4) is 11.5 Å². The third-order valence-corrected chi connectivity index (χ3v) is 2.88. The monoisotopic (exact) mass is 343 g/mol. The number of rotatable bonds is 7. The fourth-order valence-corrected chi connectivity index (χ4v) is 1.90. The lowest BCUT2D eigenvalue weighted by molar-refractivity contribution is -0.115. The zero-order chi connectivity index (χ0) is 17.5. The molecule has 0 saturated carbocycles. The van der Waals surface area contributed by atoms with Crippen LogP contribution in [-0.4, -0.2) is 19.1 Å². The van der Waals surface area contributed by atoms with E-state index in [4.69, 9.17) is 0 Å². The molecule has 0 saturated heterocycles. The van der Waals surface area contributed by atoms with E-state index in [1.165, 1.54) is 48.5 Å². The second-order valence-corrected chi connectivity index (χ2v) is 4.65. The van der Waals surface area contributed by atoms with Gasteiger partial charge >= 0.3 is 13.2 Å². The molecule has 8 heteroatoms. The van der Waals surface area contributed by atoms with E-state index in [9.17, 15) is 22.4 Å². The summed E-state index contributed by atoms with van der Waals surface area (Å²) in [7, 11) is 0. The third kappa shape index (κ3) is 5.79. The van der Waals surface area contributed by atoms with Crippen LogP contribution < -0.4 is 14.8 Å². The Hall–Kier alpha value is -2.77. The lowest BCUT2D eigenvalue weighted by atomic mass is 10.1. The van der Waals surface area contributed by atoms with Crippen molar-refractivity contribution in [2.75, 3.05) is 5.32 Å². The summed E-state index contributed by atoms with van der Waals surface area (Å²) in [6, 6.07) is 11.1. The topological polar surface area (TPSA) is 47.6 Å². The SMILES string of the molecule is O=C(Cc1ccc(OC(F)F)cc1)Nc1ccc(OC(F)F)cc1. The smallest absolute Gasteiger partial charge is 0.387 e. The number of amides is 1. The van der Waals surface area contributed by atoms with Gasteiger partial charge in [0.15, 0.2) is 0 Å². The lowest BCUT2D eigenvalue weighted by Crippen LogP contribution is -2.14. The molecule has 2 aromatic carbocycles. The molecule has 1 amide bonds. The van der Waals surface area contributed by atoms with Gasteiger partial charge < -0.3 is 14.8 Å². The van der Waals surface area contributed by atoms with Gasteiger partial charge in [0, 0.05) is 5.69 Å². The summed E-state index contributed by atoms with van der Waals surface area (Å²) in [5.41, 5.74) is 1.02. The molecule has 0 bridgehead atoms. The highest BCUT2D eigenvalue weighted by molar-refractivity contribution is 5.92. The Bertz CT molecular complexity index is 603. The average molecular weight is 343 g/mol. The largest absolute Gasteiger partial charge is 0.435 e. The first-order chi connectivity index (χ1) is 11.4. The molecule has 2 rings (SSSR count). The van der Waals surface area contributed by atoms with E-state index in [1.807, 2.05) is 0 Å². The molecule has 0 heterocycles. The van der Waals surface area contributed by atoms with Crippen molar-refractivity contribution in [1.82, 2.24) is 0 Å². The predicted octanol–water partition coefficient (Wildman–Crippen LogP) is 4.07. The molecule has 0 spiro atoms. The van der Waals surface area contributed by atoms with E-state index >= 15 is 0 Å². The predicted molar refractivity (Wildman–Crippen MR) is 78.5 cm³/mol. The average Bonchev–Trinajstić information content (AvgIpc) is 2.50. The van der Waals surface area contributed by atoms with Gasteiger partial charge in [-0.15, -0.1) is 0 Å². The minimum atomic E-state index is -2.91. The second kappa shape index (κ2) is 8.19. The van der Waals surface area contributed by atoms with Crippen LogP contribution in [0.1, 0.15) is 5.56 Å². The Morgan fingerprint density at radius 3 is 1.75 bits per heavy atom. The van der Waals surface area contributed by atoms with Crippen LogP contribution in [0.25, 0.3) is 0 Å². The standard InChI is InChI=1S/C16H13F4NO3/c17-15(18)23-12-5-1-10(2-6-12)9-14(22)21-11-3-7-13(8-4-11)24-16(19)20/h1-8,15-16H,9H2,(H,21,22). The maximum Gasteiger partial charge on any atom is 0.387 e. The number of carbonyl (C=O) groups excluding carboxylic acids is 1. The lowest BCUT2D eigenvalue weighted by Gasteiger charge is -2.08. The number of benzene rings is 2. The molecule has 24 heavy (non-hydrogen) atoms. The molecular weight excluding hydrogens is 330 g/mol. The molecule has 0 aliphatic carbocycles.